The van der Waals surface area contributed by atoms with E-state index < -0.39 is 6.10 Å². The van der Waals surface area contributed by atoms with Crippen molar-refractivity contribution in [2.45, 2.75) is 239 Å². The summed E-state index contributed by atoms with van der Waals surface area (Å²) < 4.78 is 16.7. The van der Waals surface area contributed by atoms with E-state index >= 15 is 0 Å². The van der Waals surface area contributed by atoms with Gasteiger partial charge in [0.05, 0.1) is 0 Å². The summed E-state index contributed by atoms with van der Waals surface area (Å²) in [6, 6.07) is 0. The van der Waals surface area contributed by atoms with Gasteiger partial charge in [0.1, 0.15) is 13.2 Å². The smallest absolute Gasteiger partial charge is 0.306 e. The molecule has 0 N–H and O–H groups in total. The molecule has 0 spiro atoms. The van der Waals surface area contributed by atoms with Crippen LogP contribution in [0, 0.1) is 0 Å². The molecule has 0 aromatic carbocycles. The summed E-state index contributed by atoms with van der Waals surface area (Å²) in [5.41, 5.74) is 0. The predicted molar refractivity (Wildman–Crippen MR) is 274 cm³/mol. The molecule has 64 heavy (non-hydrogen) atoms. The van der Waals surface area contributed by atoms with Crippen molar-refractivity contribution in [1.82, 2.24) is 0 Å². The Labute approximate surface area is 394 Å². The fraction of sp³-hybridized carbons (Fsp3) is 0.672. The van der Waals surface area contributed by atoms with Crippen LogP contribution in [0.3, 0.4) is 0 Å². The second-order valence-electron chi connectivity index (χ2n) is 17.0. The molecule has 0 saturated heterocycles. The summed E-state index contributed by atoms with van der Waals surface area (Å²) >= 11 is 0. The molecule has 0 heterocycles. The van der Waals surface area contributed by atoms with Crippen LogP contribution in [0.4, 0.5) is 0 Å². The van der Waals surface area contributed by atoms with Crippen LogP contribution in [-0.2, 0) is 28.6 Å². The average molecular weight is 889 g/mol. The third kappa shape index (κ3) is 49.3. The fourth-order valence-corrected chi connectivity index (χ4v) is 6.85. The minimum absolute atomic E-state index is 0.108. The highest BCUT2D eigenvalue weighted by molar-refractivity contribution is 5.71. The molecule has 6 nitrogen and oxygen atoms in total. The minimum Gasteiger partial charge on any atom is -0.462 e. The molecule has 0 saturated carbocycles. The maximum Gasteiger partial charge on any atom is 0.306 e. The number of esters is 3. The SMILES string of the molecule is CC/C=C\C/C=C\C/C=C\C/C=C\CCC(=O)OCC(COC(=O)CCCCCCCCCCC/C=C\C/C=C\CCCCC)OC(=O)CCCCCCC/C=C\C/C=C\CCCC. The van der Waals surface area contributed by atoms with Crippen molar-refractivity contribution < 1.29 is 28.6 Å². The fourth-order valence-electron chi connectivity index (χ4n) is 6.85. The molecular formula is C58H96O6. The number of hydrogen-bond acceptors (Lipinski definition) is 6. The first kappa shape index (κ1) is 60.3. The summed E-state index contributed by atoms with van der Waals surface area (Å²) in [7, 11) is 0. The van der Waals surface area contributed by atoms with E-state index in [1.54, 1.807) is 0 Å². The number of rotatable bonds is 46. The van der Waals surface area contributed by atoms with E-state index in [1.807, 2.05) is 12.2 Å². The Bertz CT molecular complexity index is 1300. The minimum atomic E-state index is -0.815. The highest BCUT2D eigenvalue weighted by atomic mass is 16.6. The molecule has 0 radical (unpaired) electrons. The molecule has 0 bridgehead atoms. The largest absolute Gasteiger partial charge is 0.462 e. The first-order valence-electron chi connectivity index (χ1n) is 26.2. The van der Waals surface area contributed by atoms with E-state index in [0.29, 0.717) is 19.3 Å². The molecule has 0 amide bonds. The van der Waals surface area contributed by atoms with Gasteiger partial charge >= 0.3 is 17.9 Å². The second kappa shape index (κ2) is 52.0. The van der Waals surface area contributed by atoms with E-state index in [1.165, 1.54) is 89.9 Å². The number of carbonyl (C=O) groups excluding carboxylic acids is 3. The van der Waals surface area contributed by atoms with E-state index in [-0.39, 0.29) is 37.5 Å². The van der Waals surface area contributed by atoms with Gasteiger partial charge in [0.15, 0.2) is 6.10 Å². The van der Waals surface area contributed by atoms with Gasteiger partial charge in [-0.05, 0) is 103 Å². The van der Waals surface area contributed by atoms with Crippen molar-refractivity contribution in [1.29, 1.82) is 0 Å². The molecule has 6 heteroatoms. The number of carbonyl (C=O) groups is 3. The quantitative estimate of drug-likeness (QED) is 0.0262. The lowest BCUT2D eigenvalue weighted by molar-refractivity contribution is -0.166. The first-order chi connectivity index (χ1) is 31.5. The Kier molecular flexibility index (Phi) is 49.0. The van der Waals surface area contributed by atoms with E-state index in [9.17, 15) is 14.4 Å². The van der Waals surface area contributed by atoms with Crippen LogP contribution in [0.15, 0.2) is 97.2 Å². The number of ether oxygens (including phenoxy) is 3. The normalized spacial score (nSPS) is 12.9. The average Bonchev–Trinajstić information content (AvgIpc) is 3.29. The Morgan fingerprint density at radius 1 is 0.328 bits per heavy atom. The predicted octanol–water partition coefficient (Wildman–Crippen LogP) is 17.4. The first-order valence-corrected chi connectivity index (χ1v) is 26.2. The third-order valence-electron chi connectivity index (χ3n) is 10.8. The molecule has 1 unspecified atom stereocenters. The zero-order chi connectivity index (χ0) is 46.5. The summed E-state index contributed by atoms with van der Waals surface area (Å²) in [5, 5.41) is 0. The summed E-state index contributed by atoms with van der Waals surface area (Å²) in [5.74, 6) is -1.01. The molecule has 0 aliphatic rings. The van der Waals surface area contributed by atoms with Gasteiger partial charge in [-0.1, -0.05) is 208 Å². The number of allylic oxidation sites excluding steroid dienone is 16. The Morgan fingerprint density at radius 3 is 1.09 bits per heavy atom. The van der Waals surface area contributed by atoms with Crippen molar-refractivity contribution in [2.75, 3.05) is 13.2 Å². The number of unbranched alkanes of at least 4 members (excludes halogenated alkanes) is 19. The molecule has 1 atom stereocenters. The molecule has 0 rings (SSSR count). The maximum atomic E-state index is 12.8. The highest BCUT2D eigenvalue weighted by Crippen LogP contribution is 2.14. The van der Waals surface area contributed by atoms with Gasteiger partial charge in [0, 0.05) is 19.3 Å². The summed E-state index contributed by atoms with van der Waals surface area (Å²) in [4.78, 5) is 38.0. The maximum absolute atomic E-state index is 12.8. The summed E-state index contributed by atoms with van der Waals surface area (Å²) in [6.07, 6.45) is 68.3. The van der Waals surface area contributed by atoms with Gasteiger partial charge in [-0.25, -0.2) is 0 Å². The second-order valence-corrected chi connectivity index (χ2v) is 17.0. The molecule has 0 aromatic heterocycles. The van der Waals surface area contributed by atoms with Crippen molar-refractivity contribution in [2.24, 2.45) is 0 Å². The van der Waals surface area contributed by atoms with Gasteiger partial charge < -0.3 is 14.2 Å². The zero-order valence-corrected chi connectivity index (χ0v) is 41.5. The molecular weight excluding hydrogens is 793 g/mol. The van der Waals surface area contributed by atoms with Crippen LogP contribution in [0.25, 0.3) is 0 Å². The topological polar surface area (TPSA) is 78.9 Å². The number of hydrogen-bond donors (Lipinski definition) is 0. The lowest BCUT2D eigenvalue weighted by atomic mass is 10.1. The Hall–Kier alpha value is -3.67. The van der Waals surface area contributed by atoms with Crippen LogP contribution in [0.1, 0.15) is 233 Å². The van der Waals surface area contributed by atoms with E-state index in [2.05, 4.69) is 106 Å². The molecule has 0 aliphatic carbocycles. The van der Waals surface area contributed by atoms with Gasteiger partial charge in [-0.15, -0.1) is 0 Å². The van der Waals surface area contributed by atoms with E-state index in [4.69, 9.17) is 14.2 Å². The van der Waals surface area contributed by atoms with Crippen LogP contribution < -0.4 is 0 Å². The third-order valence-corrected chi connectivity index (χ3v) is 10.8. The Morgan fingerprint density at radius 2 is 0.656 bits per heavy atom. The molecule has 0 aromatic rings. The molecule has 0 aliphatic heterocycles. The lowest BCUT2D eigenvalue weighted by Gasteiger charge is -2.18. The van der Waals surface area contributed by atoms with Crippen LogP contribution in [0.5, 0.6) is 0 Å². The van der Waals surface area contributed by atoms with Crippen LogP contribution in [-0.4, -0.2) is 37.2 Å². The van der Waals surface area contributed by atoms with E-state index in [0.717, 1.165) is 96.3 Å². The van der Waals surface area contributed by atoms with Crippen molar-refractivity contribution in [3.8, 4) is 0 Å². The summed E-state index contributed by atoms with van der Waals surface area (Å²) in [6.45, 7) is 6.37. The molecule has 0 fully saturated rings. The van der Waals surface area contributed by atoms with Gasteiger partial charge in [0.2, 0.25) is 0 Å². The zero-order valence-electron chi connectivity index (χ0n) is 41.5. The Balaban J connectivity index is 4.46. The van der Waals surface area contributed by atoms with Gasteiger partial charge in [-0.3, -0.25) is 14.4 Å². The van der Waals surface area contributed by atoms with Crippen molar-refractivity contribution in [3.05, 3.63) is 97.2 Å². The van der Waals surface area contributed by atoms with Gasteiger partial charge in [0.25, 0.3) is 0 Å². The van der Waals surface area contributed by atoms with Crippen LogP contribution >= 0.6 is 0 Å². The molecule has 364 valence electrons. The van der Waals surface area contributed by atoms with Crippen molar-refractivity contribution >= 4 is 17.9 Å². The van der Waals surface area contributed by atoms with Crippen LogP contribution in [0.2, 0.25) is 0 Å². The standard InChI is InChI=1S/C58H96O6/c1-4-7-10-13-16-19-22-25-27-28-29-30-31-34-36-39-42-45-48-51-57(60)63-54-55(53-62-56(59)50-47-44-41-38-35-32-24-21-18-15-12-9-6-3)64-58(61)52-49-46-43-40-37-33-26-23-20-17-14-11-8-5-2/h9,12,14,16-19,21,23,25-27,32,35,41,44,55H,4-8,10-11,13,15,20,22,24,28-31,33-34,36-40,42-43,45-54H2,1-3H3/b12-9-,17-14-,19-16-,21-18-,26-23-,27-25-,35-32-,44-41-. The van der Waals surface area contributed by atoms with Crippen molar-refractivity contribution in [3.63, 3.8) is 0 Å². The highest BCUT2D eigenvalue weighted by Gasteiger charge is 2.19. The lowest BCUT2D eigenvalue weighted by Crippen LogP contribution is -2.30. The monoisotopic (exact) mass is 889 g/mol. The van der Waals surface area contributed by atoms with Gasteiger partial charge in [-0.2, -0.15) is 0 Å².